The molecule has 0 radical (unpaired) electrons. The lowest BCUT2D eigenvalue weighted by molar-refractivity contribution is -0.143. The number of nitrogens with zero attached hydrogens (tertiary/aromatic N) is 1. The van der Waals surface area contributed by atoms with Crippen LogP contribution in [0.5, 0.6) is 0 Å². The maximum Gasteiger partial charge on any atom is 0.317 e. The molecule has 2 N–H and O–H groups in total. The number of likely N-dealkylation sites (tertiary alicyclic amines) is 1. The predicted molar refractivity (Wildman–Crippen MR) is 77.8 cm³/mol. The molecule has 5 nitrogen and oxygen atoms in total. The topological polar surface area (TPSA) is 69.6 Å². The Morgan fingerprint density at radius 1 is 1.50 bits per heavy atom. The van der Waals surface area contributed by atoms with Crippen molar-refractivity contribution in [3.8, 4) is 0 Å². The Balaban J connectivity index is 1.89. The summed E-state index contributed by atoms with van der Waals surface area (Å²) in [6.07, 6.45) is 0.642. The fourth-order valence-electron chi connectivity index (χ4n) is 2.55. The highest BCUT2D eigenvalue weighted by molar-refractivity contribution is 7.10. The van der Waals surface area contributed by atoms with Crippen molar-refractivity contribution in [3.63, 3.8) is 0 Å². The van der Waals surface area contributed by atoms with Crippen LogP contribution in [0.3, 0.4) is 0 Å². The monoisotopic (exact) mass is 296 g/mol. The zero-order valence-corrected chi connectivity index (χ0v) is 12.6. The van der Waals surface area contributed by atoms with E-state index in [-0.39, 0.29) is 11.9 Å². The number of hydrogen-bond donors (Lipinski definition) is 2. The largest absolute Gasteiger partial charge is 0.481 e. The normalized spacial score (nSPS) is 22.6. The Morgan fingerprint density at radius 2 is 2.25 bits per heavy atom. The number of urea groups is 1. The second kappa shape index (κ2) is 6.26. The third-order valence-electron chi connectivity index (χ3n) is 3.49. The molecule has 1 aromatic heterocycles. The van der Waals surface area contributed by atoms with Gasteiger partial charge < -0.3 is 15.3 Å². The minimum absolute atomic E-state index is 0.172. The summed E-state index contributed by atoms with van der Waals surface area (Å²) in [5.74, 6) is -1.05. The first-order chi connectivity index (χ1) is 9.45. The summed E-state index contributed by atoms with van der Waals surface area (Å²) in [6.45, 7) is 5.43. The van der Waals surface area contributed by atoms with E-state index in [1.807, 2.05) is 25.3 Å². The lowest BCUT2D eigenvalue weighted by Gasteiger charge is -2.34. The molecule has 110 valence electrons. The Kier molecular flexibility index (Phi) is 4.65. The number of aryl methyl sites for hydroxylation is 1. The van der Waals surface area contributed by atoms with Crippen LogP contribution in [0.1, 0.15) is 23.8 Å². The lowest BCUT2D eigenvalue weighted by atomic mass is 9.91. The molecule has 0 bridgehead atoms. The van der Waals surface area contributed by atoms with Gasteiger partial charge in [0.2, 0.25) is 0 Å². The first-order valence-corrected chi connectivity index (χ1v) is 7.63. The average Bonchev–Trinajstić information content (AvgIpc) is 2.81. The fourth-order valence-corrected chi connectivity index (χ4v) is 3.37. The second-order valence-corrected chi connectivity index (χ2v) is 6.53. The first-order valence-electron chi connectivity index (χ1n) is 6.75. The molecule has 1 aromatic rings. The molecule has 1 saturated heterocycles. The number of nitrogens with one attached hydrogen (secondary N) is 1. The SMILES string of the molecule is Cc1csc(CNC(=O)N2CC(C)CC(C(=O)O)C2)c1. The van der Waals surface area contributed by atoms with Crippen LogP contribution in [0, 0.1) is 18.8 Å². The van der Waals surface area contributed by atoms with Gasteiger partial charge in [0.1, 0.15) is 0 Å². The van der Waals surface area contributed by atoms with E-state index in [0.29, 0.717) is 26.1 Å². The predicted octanol–water partition coefficient (Wildman–Crippen LogP) is 2.31. The summed E-state index contributed by atoms with van der Waals surface area (Å²) in [7, 11) is 0. The third-order valence-corrected chi connectivity index (χ3v) is 4.55. The molecule has 2 amide bonds. The highest BCUT2D eigenvalue weighted by Crippen LogP contribution is 2.22. The van der Waals surface area contributed by atoms with Crippen LogP contribution >= 0.6 is 11.3 Å². The van der Waals surface area contributed by atoms with Crippen molar-refractivity contribution in [2.24, 2.45) is 11.8 Å². The Hall–Kier alpha value is -1.56. The smallest absolute Gasteiger partial charge is 0.317 e. The van der Waals surface area contributed by atoms with Crippen molar-refractivity contribution in [1.29, 1.82) is 0 Å². The molecule has 0 aliphatic carbocycles. The van der Waals surface area contributed by atoms with E-state index in [1.165, 1.54) is 5.56 Å². The van der Waals surface area contributed by atoms with Gasteiger partial charge in [-0.15, -0.1) is 11.3 Å². The minimum atomic E-state index is -0.816. The molecule has 2 rings (SSSR count). The van der Waals surface area contributed by atoms with Crippen molar-refractivity contribution >= 4 is 23.3 Å². The van der Waals surface area contributed by atoms with E-state index in [1.54, 1.807) is 16.2 Å². The van der Waals surface area contributed by atoms with E-state index in [4.69, 9.17) is 5.11 Å². The molecule has 0 saturated carbocycles. The summed E-state index contributed by atoms with van der Waals surface area (Å²) in [5, 5.41) is 14.0. The zero-order chi connectivity index (χ0) is 14.7. The summed E-state index contributed by atoms with van der Waals surface area (Å²) in [6, 6.07) is 1.87. The number of aliphatic carboxylic acids is 1. The Bertz CT molecular complexity index is 500. The van der Waals surface area contributed by atoms with E-state index in [0.717, 1.165) is 4.88 Å². The van der Waals surface area contributed by atoms with E-state index in [9.17, 15) is 9.59 Å². The van der Waals surface area contributed by atoms with Crippen LogP contribution < -0.4 is 5.32 Å². The van der Waals surface area contributed by atoms with Gasteiger partial charge in [-0.05, 0) is 36.3 Å². The molecule has 1 aliphatic rings. The van der Waals surface area contributed by atoms with Crippen LogP contribution in [0.4, 0.5) is 4.79 Å². The van der Waals surface area contributed by atoms with Gasteiger partial charge in [0.05, 0.1) is 12.5 Å². The highest BCUT2D eigenvalue weighted by Gasteiger charge is 2.31. The van der Waals surface area contributed by atoms with Gasteiger partial charge in [-0.25, -0.2) is 4.79 Å². The molecule has 2 unspecified atom stereocenters. The molecule has 0 aromatic carbocycles. The van der Waals surface area contributed by atoms with E-state index in [2.05, 4.69) is 5.32 Å². The quantitative estimate of drug-likeness (QED) is 0.899. The van der Waals surface area contributed by atoms with Crippen molar-refractivity contribution in [1.82, 2.24) is 10.2 Å². The Labute approximate surface area is 122 Å². The van der Waals surface area contributed by atoms with Crippen molar-refractivity contribution in [2.45, 2.75) is 26.8 Å². The molecule has 1 aliphatic heterocycles. The maximum atomic E-state index is 12.1. The van der Waals surface area contributed by atoms with Crippen molar-refractivity contribution in [2.75, 3.05) is 13.1 Å². The maximum absolute atomic E-state index is 12.1. The van der Waals surface area contributed by atoms with Gasteiger partial charge in [-0.1, -0.05) is 6.92 Å². The summed E-state index contributed by atoms with van der Waals surface area (Å²) in [5.41, 5.74) is 1.19. The van der Waals surface area contributed by atoms with Crippen LogP contribution in [0.2, 0.25) is 0 Å². The number of carbonyl (C=O) groups is 2. The van der Waals surface area contributed by atoms with Gasteiger partial charge in [-0.3, -0.25) is 4.79 Å². The first kappa shape index (κ1) is 14.8. The molecule has 20 heavy (non-hydrogen) atoms. The molecule has 2 atom stereocenters. The van der Waals surface area contributed by atoms with Gasteiger partial charge in [-0.2, -0.15) is 0 Å². The second-order valence-electron chi connectivity index (χ2n) is 5.53. The number of carboxylic acids is 1. The Morgan fingerprint density at radius 3 is 2.85 bits per heavy atom. The molecule has 0 spiro atoms. The van der Waals surface area contributed by atoms with Crippen molar-refractivity contribution in [3.05, 3.63) is 21.9 Å². The van der Waals surface area contributed by atoms with E-state index >= 15 is 0 Å². The molecule has 6 heteroatoms. The third kappa shape index (κ3) is 3.72. The molecule has 2 heterocycles. The van der Waals surface area contributed by atoms with Gasteiger partial charge in [0.25, 0.3) is 0 Å². The van der Waals surface area contributed by atoms with Crippen molar-refractivity contribution < 1.29 is 14.7 Å². The number of piperidine rings is 1. The van der Waals surface area contributed by atoms with Crippen LogP contribution in [-0.2, 0) is 11.3 Å². The number of carboxylic acid groups (broad SMARTS) is 1. The van der Waals surface area contributed by atoms with Gasteiger partial charge in [0.15, 0.2) is 0 Å². The van der Waals surface area contributed by atoms with Gasteiger partial charge in [0, 0.05) is 18.0 Å². The standard InChI is InChI=1S/C14H20N2O3S/c1-9-3-11(13(17)18)7-16(6-9)14(19)15-5-12-4-10(2)8-20-12/h4,8-9,11H,3,5-7H2,1-2H3,(H,15,19)(H,17,18). The molecule has 1 fully saturated rings. The summed E-state index contributed by atoms with van der Waals surface area (Å²) < 4.78 is 0. The minimum Gasteiger partial charge on any atom is -0.481 e. The number of hydrogen-bond acceptors (Lipinski definition) is 3. The summed E-state index contributed by atoms with van der Waals surface area (Å²) >= 11 is 1.62. The summed E-state index contributed by atoms with van der Waals surface area (Å²) in [4.78, 5) is 25.9. The molecular formula is C14H20N2O3S. The number of carbonyl (C=O) groups excluding carboxylic acids is 1. The highest BCUT2D eigenvalue weighted by atomic mass is 32.1. The average molecular weight is 296 g/mol. The van der Waals surface area contributed by atoms with Crippen LogP contribution in [-0.4, -0.2) is 35.1 Å². The van der Waals surface area contributed by atoms with Crippen LogP contribution in [0.15, 0.2) is 11.4 Å². The number of rotatable bonds is 3. The lowest BCUT2D eigenvalue weighted by Crippen LogP contribution is -2.49. The fraction of sp³-hybridized carbons (Fsp3) is 0.571. The van der Waals surface area contributed by atoms with Crippen LogP contribution in [0.25, 0.3) is 0 Å². The molecular weight excluding hydrogens is 276 g/mol. The zero-order valence-electron chi connectivity index (χ0n) is 11.8. The van der Waals surface area contributed by atoms with Gasteiger partial charge >= 0.3 is 12.0 Å². The number of thiophene rings is 1. The number of amides is 2. The van der Waals surface area contributed by atoms with E-state index < -0.39 is 11.9 Å².